The highest BCUT2D eigenvalue weighted by molar-refractivity contribution is 7.13. The molecule has 1 aliphatic heterocycles. The molecule has 1 amide bonds. The van der Waals surface area contributed by atoms with Crippen molar-refractivity contribution in [1.82, 2.24) is 4.90 Å². The van der Waals surface area contributed by atoms with Crippen molar-refractivity contribution >= 4 is 23.2 Å². The Morgan fingerprint density at radius 1 is 1.38 bits per heavy atom. The Labute approximate surface area is 160 Å². The quantitative estimate of drug-likeness (QED) is 0.581. The molecule has 1 fully saturated rings. The number of carbonyl (C=O) groups excluding carboxylic acids is 1. The number of allylic oxidation sites excluding steroid dienone is 3. The summed E-state index contributed by atoms with van der Waals surface area (Å²) in [4.78, 5) is 26.5. The van der Waals surface area contributed by atoms with Gasteiger partial charge in [-0.25, -0.2) is 4.79 Å². The average Bonchev–Trinajstić information content (AvgIpc) is 3.21. The maximum Gasteiger partial charge on any atom is 0.345 e. The molecule has 1 aromatic heterocycles. The van der Waals surface area contributed by atoms with Crippen molar-refractivity contribution in [1.29, 1.82) is 0 Å². The van der Waals surface area contributed by atoms with Gasteiger partial charge in [-0.05, 0) is 51.2 Å². The minimum Gasteiger partial charge on any atom is -0.477 e. The molecule has 2 rings (SSSR count). The van der Waals surface area contributed by atoms with Crippen LogP contribution in [0.25, 0.3) is 0 Å². The minimum absolute atomic E-state index is 0.190. The Morgan fingerprint density at radius 2 is 2.19 bits per heavy atom. The first-order valence-electron chi connectivity index (χ1n) is 9.46. The van der Waals surface area contributed by atoms with E-state index in [-0.39, 0.29) is 11.9 Å². The first-order valence-corrected chi connectivity index (χ1v) is 10.3. The number of carboxylic acid groups (broad SMARTS) is 1. The predicted octanol–water partition coefficient (Wildman–Crippen LogP) is 5.06. The van der Waals surface area contributed by atoms with E-state index in [0.29, 0.717) is 11.3 Å². The highest BCUT2D eigenvalue weighted by Gasteiger charge is 2.28. The third-order valence-corrected chi connectivity index (χ3v) is 5.84. The van der Waals surface area contributed by atoms with Crippen LogP contribution in [0.4, 0.5) is 0 Å². The number of thiophene rings is 1. The molecule has 4 nitrogen and oxygen atoms in total. The number of rotatable bonds is 10. The van der Waals surface area contributed by atoms with E-state index in [0.717, 1.165) is 37.1 Å². The molecule has 0 aromatic carbocycles. The lowest BCUT2D eigenvalue weighted by Gasteiger charge is -2.22. The highest BCUT2D eigenvalue weighted by Crippen LogP contribution is 2.22. The second-order valence-corrected chi connectivity index (χ2v) is 8.04. The summed E-state index contributed by atoms with van der Waals surface area (Å²) in [7, 11) is 0. The molecular weight excluding hydrogens is 346 g/mol. The smallest absolute Gasteiger partial charge is 0.345 e. The Hall–Kier alpha value is -1.88. The summed E-state index contributed by atoms with van der Waals surface area (Å²) >= 11 is 1.32. The third kappa shape index (κ3) is 6.13. The van der Waals surface area contributed by atoms with Crippen molar-refractivity contribution in [3.05, 3.63) is 45.7 Å². The molecule has 142 valence electrons. The number of hydrogen-bond acceptors (Lipinski definition) is 3. The van der Waals surface area contributed by atoms with Crippen LogP contribution >= 0.6 is 11.3 Å². The van der Waals surface area contributed by atoms with Crippen molar-refractivity contribution in [3.63, 3.8) is 0 Å². The highest BCUT2D eigenvalue weighted by atomic mass is 32.1. The van der Waals surface area contributed by atoms with Crippen LogP contribution in [0, 0.1) is 0 Å². The second kappa shape index (κ2) is 10.3. The van der Waals surface area contributed by atoms with Gasteiger partial charge in [0, 0.05) is 17.8 Å². The zero-order chi connectivity index (χ0) is 18.9. The molecular formula is C21H29NO3S. The lowest BCUT2D eigenvalue weighted by atomic mass is 10.1. The van der Waals surface area contributed by atoms with Crippen LogP contribution < -0.4 is 0 Å². The predicted molar refractivity (Wildman–Crippen MR) is 107 cm³/mol. The zero-order valence-electron chi connectivity index (χ0n) is 15.7. The number of carbonyl (C=O) groups is 2. The van der Waals surface area contributed by atoms with Crippen LogP contribution in [-0.2, 0) is 11.2 Å². The maximum absolute atomic E-state index is 12.2. The van der Waals surface area contributed by atoms with Gasteiger partial charge in [0.15, 0.2) is 0 Å². The second-order valence-electron chi connectivity index (χ2n) is 6.87. The first-order chi connectivity index (χ1) is 12.5. The zero-order valence-corrected chi connectivity index (χ0v) is 16.6. The van der Waals surface area contributed by atoms with Crippen LogP contribution in [0.5, 0.6) is 0 Å². The van der Waals surface area contributed by atoms with Gasteiger partial charge < -0.3 is 10.0 Å². The van der Waals surface area contributed by atoms with Crippen LogP contribution in [-0.4, -0.2) is 34.5 Å². The van der Waals surface area contributed by atoms with Crippen LogP contribution in [0.15, 0.2) is 35.9 Å². The summed E-state index contributed by atoms with van der Waals surface area (Å²) in [5.74, 6) is -0.646. The average molecular weight is 376 g/mol. The normalized spacial score (nSPS) is 18.2. The van der Waals surface area contributed by atoms with Gasteiger partial charge in [0.25, 0.3) is 0 Å². The summed E-state index contributed by atoms with van der Waals surface area (Å²) < 4.78 is 0. The summed E-state index contributed by atoms with van der Waals surface area (Å²) in [6.07, 6.45) is 13.1. The largest absolute Gasteiger partial charge is 0.477 e. The Morgan fingerprint density at radius 3 is 2.88 bits per heavy atom. The number of amides is 1. The van der Waals surface area contributed by atoms with E-state index in [1.807, 2.05) is 11.0 Å². The maximum atomic E-state index is 12.2. The molecule has 0 unspecified atom stereocenters. The SMILES string of the molecule is CCCC/C(C)=C/C=C\[C@H]1CCC(=O)N1CCCc1ccc(C(=O)O)s1. The molecule has 5 heteroatoms. The summed E-state index contributed by atoms with van der Waals surface area (Å²) in [5.41, 5.74) is 1.38. The number of aryl methyl sites for hydroxylation is 1. The molecule has 0 spiro atoms. The lowest BCUT2D eigenvalue weighted by molar-refractivity contribution is -0.128. The molecule has 0 saturated carbocycles. The lowest BCUT2D eigenvalue weighted by Crippen LogP contribution is -2.32. The van der Waals surface area contributed by atoms with Crippen LogP contribution in [0.1, 0.15) is 66.9 Å². The van der Waals surface area contributed by atoms with Gasteiger partial charge in [-0.2, -0.15) is 0 Å². The third-order valence-electron chi connectivity index (χ3n) is 4.71. The standard InChI is InChI=1S/C21H29NO3S/c1-3-4-7-16(2)8-5-9-17-11-14-20(23)22(17)15-6-10-18-12-13-19(26-18)21(24)25/h5,8-9,12-13,17H,3-4,6-7,10-11,14-15H2,1-2H3,(H,24,25)/b9-5-,16-8+/t17-/m0/s1. The Bertz CT molecular complexity index is 675. The fourth-order valence-corrected chi connectivity index (χ4v) is 4.07. The van der Waals surface area contributed by atoms with Gasteiger partial charge in [0.05, 0.1) is 6.04 Å². The molecule has 2 heterocycles. The number of hydrogen-bond donors (Lipinski definition) is 1. The van der Waals surface area contributed by atoms with Crippen molar-refractivity contribution in [3.8, 4) is 0 Å². The van der Waals surface area contributed by atoms with E-state index in [2.05, 4.69) is 32.1 Å². The van der Waals surface area contributed by atoms with Gasteiger partial charge in [0.1, 0.15) is 4.88 Å². The van der Waals surface area contributed by atoms with E-state index in [4.69, 9.17) is 5.11 Å². The molecule has 1 N–H and O–H groups in total. The Kier molecular flexibility index (Phi) is 8.10. The summed E-state index contributed by atoms with van der Waals surface area (Å²) in [6.45, 7) is 5.08. The number of aromatic carboxylic acids is 1. The molecule has 0 bridgehead atoms. The topological polar surface area (TPSA) is 57.6 Å². The molecule has 1 atom stereocenters. The minimum atomic E-state index is -0.872. The fraction of sp³-hybridized carbons (Fsp3) is 0.524. The molecule has 0 aliphatic carbocycles. The molecule has 1 saturated heterocycles. The van der Waals surface area contributed by atoms with Crippen molar-refractivity contribution in [2.45, 2.75) is 64.8 Å². The van der Waals surface area contributed by atoms with E-state index < -0.39 is 5.97 Å². The number of likely N-dealkylation sites (tertiary alicyclic amines) is 1. The number of nitrogens with zero attached hydrogens (tertiary/aromatic N) is 1. The number of unbranched alkanes of at least 4 members (excludes halogenated alkanes) is 1. The van der Waals surface area contributed by atoms with Gasteiger partial charge in [0.2, 0.25) is 5.91 Å². The fourth-order valence-electron chi connectivity index (χ4n) is 3.18. The van der Waals surface area contributed by atoms with Gasteiger partial charge >= 0.3 is 5.97 Å². The van der Waals surface area contributed by atoms with E-state index >= 15 is 0 Å². The molecule has 1 aromatic rings. The van der Waals surface area contributed by atoms with Crippen molar-refractivity contribution in [2.75, 3.05) is 6.54 Å². The molecule has 26 heavy (non-hydrogen) atoms. The first kappa shape index (κ1) is 20.4. The van der Waals surface area contributed by atoms with Crippen LogP contribution in [0.3, 0.4) is 0 Å². The van der Waals surface area contributed by atoms with Gasteiger partial charge in [-0.15, -0.1) is 11.3 Å². The van der Waals surface area contributed by atoms with Gasteiger partial charge in [-0.1, -0.05) is 37.1 Å². The Balaban J connectivity index is 1.83. The monoisotopic (exact) mass is 375 g/mol. The molecule has 1 aliphatic rings. The van der Waals surface area contributed by atoms with E-state index in [1.165, 1.54) is 29.8 Å². The summed E-state index contributed by atoms with van der Waals surface area (Å²) in [6, 6.07) is 3.72. The summed E-state index contributed by atoms with van der Waals surface area (Å²) in [5, 5.41) is 8.98. The van der Waals surface area contributed by atoms with Gasteiger partial charge in [-0.3, -0.25) is 4.79 Å². The van der Waals surface area contributed by atoms with E-state index in [9.17, 15) is 9.59 Å². The van der Waals surface area contributed by atoms with Crippen LogP contribution in [0.2, 0.25) is 0 Å². The molecule has 0 radical (unpaired) electrons. The number of carboxylic acids is 1. The van der Waals surface area contributed by atoms with Crippen molar-refractivity contribution in [2.24, 2.45) is 0 Å². The van der Waals surface area contributed by atoms with Crippen molar-refractivity contribution < 1.29 is 14.7 Å². The van der Waals surface area contributed by atoms with E-state index in [1.54, 1.807) is 6.07 Å².